The highest BCUT2D eigenvalue weighted by molar-refractivity contribution is 5.71. The number of esters is 3. The van der Waals surface area contributed by atoms with Crippen LogP contribution in [0.4, 0.5) is 0 Å². The molecule has 0 fully saturated rings. The molecule has 0 aromatic carbocycles. The van der Waals surface area contributed by atoms with Crippen molar-refractivity contribution >= 4 is 17.9 Å². The fourth-order valence-electron chi connectivity index (χ4n) is 9.68. The number of rotatable bonds is 63. The van der Waals surface area contributed by atoms with Crippen molar-refractivity contribution in [3.05, 3.63) is 122 Å². The molecule has 0 bridgehead atoms. The number of carbonyl (C=O) groups is 3. The molecule has 0 heterocycles. The molecule has 0 amide bonds. The molecule has 0 radical (unpaired) electrons. The minimum Gasteiger partial charge on any atom is -0.462 e. The largest absolute Gasteiger partial charge is 0.462 e. The molecule has 83 heavy (non-hydrogen) atoms. The molecule has 0 N–H and O–H groups in total. The van der Waals surface area contributed by atoms with Crippen LogP contribution in [-0.4, -0.2) is 37.2 Å². The number of allylic oxidation sites excluding steroid dienone is 20. The van der Waals surface area contributed by atoms with Gasteiger partial charge in [-0.25, -0.2) is 0 Å². The van der Waals surface area contributed by atoms with Gasteiger partial charge in [0.2, 0.25) is 0 Å². The van der Waals surface area contributed by atoms with E-state index in [9.17, 15) is 14.4 Å². The van der Waals surface area contributed by atoms with Crippen molar-refractivity contribution in [3.63, 3.8) is 0 Å². The molecule has 0 saturated carbocycles. The van der Waals surface area contributed by atoms with Crippen LogP contribution in [0.25, 0.3) is 0 Å². The summed E-state index contributed by atoms with van der Waals surface area (Å²) in [7, 11) is 0. The van der Waals surface area contributed by atoms with E-state index in [4.69, 9.17) is 14.2 Å². The van der Waals surface area contributed by atoms with E-state index in [1.165, 1.54) is 167 Å². The second-order valence-corrected chi connectivity index (χ2v) is 23.1. The first-order valence-corrected chi connectivity index (χ1v) is 35.0. The van der Waals surface area contributed by atoms with Crippen LogP contribution in [0.3, 0.4) is 0 Å². The van der Waals surface area contributed by atoms with Crippen LogP contribution in [0.5, 0.6) is 0 Å². The molecule has 1 unspecified atom stereocenters. The number of ether oxygens (including phenoxy) is 3. The molecule has 0 aliphatic rings. The van der Waals surface area contributed by atoms with Gasteiger partial charge in [0.15, 0.2) is 6.10 Å². The SMILES string of the molecule is CC/C=C\C/C=C\C/C=C\C/C=C\CCCCCCCCCCCCC(=O)OCC(COC(=O)CCCCCCCC/C=C\C/C=C\C/C=C\CCCCC)OC(=O)CCCCCCCCCC/C=C\C/C=C\C/C=C\CCCCCCC. The van der Waals surface area contributed by atoms with Crippen molar-refractivity contribution in [2.75, 3.05) is 13.2 Å². The van der Waals surface area contributed by atoms with Crippen molar-refractivity contribution in [2.24, 2.45) is 0 Å². The van der Waals surface area contributed by atoms with Gasteiger partial charge in [0.25, 0.3) is 0 Å². The number of unbranched alkanes of at least 4 members (excludes halogenated alkanes) is 32. The Morgan fingerprint density at radius 1 is 0.253 bits per heavy atom. The lowest BCUT2D eigenvalue weighted by molar-refractivity contribution is -0.167. The zero-order chi connectivity index (χ0) is 59.9. The number of carbonyl (C=O) groups excluding carboxylic acids is 3. The maximum absolute atomic E-state index is 13.0. The number of hydrogen-bond donors (Lipinski definition) is 0. The zero-order valence-electron chi connectivity index (χ0n) is 54.4. The summed E-state index contributed by atoms with van der Waals surface area (Å²) in [6.45, 7) is 6.50. The zero-order valence-corrected chi connectivity index (χ0v) is 54.4. The Bertz CT molecular complexity index is 1700. The van der Waals surface area contributed by atoms with Crippen LogP contribution < -0.4 is 0 Å². The lowest BCUT2D eigenvalue weighted by atomic mass is 10.1. The predicted octanol–water partition coefficient (Wildman–Crippen LogP) is 24.3. The first-order chi connectivity index (χ1) is 41.0. The second-order valence-electron chi connectivity index (χ2n) is 23.1. The molecule has 474 valence electrons. The lowest BCUT2D eigenvalue weighted by Crippen LogP contribution is -2.30. The van der Waals surface area contributed by atoms with E-state index in [0.717, 1.165) is 122 Å². The van der Waals surface area contributed by atoms with Crippen molar-refractivity contribution in [3.8, 4) is 0 Å². The van der Waals surface area contributed by atoms with Gasteiger partial charge in [-0.2, -0.15) is 0 Å². The van der Waals surface area contributed by atoms with E-state index in [1.807, 2.05) is 0 Å². The van der Waals surface area contributed by atoms with Gasteiger partial charge in [0.05, 0.1) is 0 Å². The van der Waals surface area contributed by atoms with Crippen molar-refractivity contribution < 1.29 is 28.6 Å². The molecule has 6 nitrogen and oxygen atoms in total. The summed E-state index contributed by atoms with van der Waals surface area (Å²) in [5.41, 5.74) is 0. The fourth-order valence-corrected chi connectivity index (χ4v) is 9.68. The van der Waals surface area contributed by atoms with Gasteiger partial charge in [-0.3, -0.25) is 14.4 Å². The van der Waals surface area contributed by atoms with Crippen LogP contribution in [0.15, 0.2) is 122 Å². The van der Waals surface area contributed by atoms with Gasteiger partial charge in [0, 0.05) is 19.3 Å². The van der Waals surface area contributed by atoms with E-state index in [2.05, 4.69) is 142 Å². The third kappa shape index (κ3) is 68.5. The van der Waals surface area contributed by atoms with E-state index in [0.29, 0.717) is 19.3 Å². The molecule has 0 aliphatic heterocycles. The molecule has 0 spiro atoms. The van der Waals surface area contributed by atoms with Gasteiger partial charge in [-0.15, -0.1) is 0 Å². The maximum Gasteiger partial charge on any atom is 0.306 e. The quantitative estimate of drug-likeness (QED) is 0.0261. The summed E-state index contributed by atoms with van der Waals surface area (Å²) >= 11 is 0. The molecule has 0 aromatic rings. The van der Waals surface area contributed by atoms with E-state index < -0.39 is 6.10 Å². The van der Waals surface area contributed by atoms with Crippen LogP contribution in [0, 0.1) is 0 Å². The van der Waals surface area contributed by atoms with Crippen molar-refractivity contribution in [1.82, 2.24) is 0 Å². The Kier molecular flexibility index (Phi) is 66.7. The topological polar surface area (TPSA) is 78.9 Å². The second kappa shape index (κ2) is 70.3. The number of hydrogen-bond acceptors (Lipinski definition) is 6. The lowest BCUT2D eigenvalue weighted by Gasteiger charge is -2.18. The Balaban J connectivity index is 4.43. The summed E-state index contributed by atoms with van der Waals surface area (Å²) in [6.07, 6.45) is 97.7. The minimum absolute atomic E-state index is 0.0892. The fraction of sp³-hybridized carbons (Fsp3) is 0.701. The molecule has 6 heteroatoms. The van der Waals surface area contributed by atoms with Gasteiger partial charge in [-0.05, 0) is 135 Å². The third-order valence-electron chi connectivity index (χ3n) is 14.9. The van der Waals surface area contributed by atoms with Crippen LogP contribution in [-0.2, 0) is 28.6 Å². The van der Waals surface area contributed by atoms with Gasteiger partial charge in [-0.1, -0.05) is 296 Å². The smallest absolute Gasteiger partial charge is 0.306 e. The highest BCUT2D eigenvalue weighted by atomic mass is 16.6. The molecule has 0 saturated heterocycles. The third-order valence-corrected chi connectivity index (χ3v) is 14.9. The Morgan fingerprint density at radius 2 is 0.470 bits per heavy atom. The molecule has 0 aliphatic carbocycles. The van der Waals surface area contributed by atoms with Gasteiger partial charge < -0.3 is 14.2 Å². The molecule has 1 atom stereocenters. The van der Waals surface area contributed by atoms with Crippen molar-refractivity contribution in [1.29, 1.82) is 0 Å². The summed E-state index contributed by atoms with van der Waals surface area (Å²) in [6, 6.07) is 0. The van der Waals surface area contributed by atoms with E-state index in [-0.39, 0.29) is 31.1 Å². The summed E-state index contributed by atoms with van der Waals surface area (Å²) in [4.78, 5) is 38.5. The Hall–Kier alpha value is -4.19. The molecular weight excluding hydrogens is 1020 g/mol. The Labute approximate surface area is 513 Å². The highest BCUT2D eigenvalue weighted by Gasteiger charge is 2.19. The summed E-state index contributed by atoms with van der Waals surface area (Å²) in [5, 5.41) is 0. The standard InChI is InChI=1S/C77H130O6/c1-4-7-10-13-16-19-22-25-28-31-34-36-38-40-43-46-49-52-55-58-61-64-67-70-76(79)82-73-74(72-81-75(78)69-66-63-60-57-54-51-48-45-42-33-30-27-24-21-18-15-12-9-6-3)83-77(80)71-68-65-62-59-56-53-50-47-44-41-39-37-35-32-29-26-23-20-17-14-11-8-5-2/h7,10,16,18-19,21,23,25-28,30,32,34-36,39,41-42,45,74H,4-6,8-9,11-15,17,20,22,24,29,31,33,37-38,40,43-44,46-73H2,1-3H3/b10-7-,19-16-,21-18-,26-23-,28-25-,30-27-,35-32-,36-34-,41-39-,45-42-. The monoisotopic (exact) mass is 1150 g/mol. The first kappa shape index (κ1) is 78.8. The minimum atomic E-state index is -0.796. The average molecular weight is 1150 g/mol. The summed E-state index contributed by atoms with van der Waals surface area (Å²) < 4.78 is 17.0. The normalized spacial score (nSPS) is 12.9. The van der Waals surface area contributed by atoms with Crippen molar-refractivity contribution in [2.45, 2.75) is 335 Å². The highest BCUT2D eigenvalue weighted by Crippen LogP contribution is 2.16. The molecule has 0 aromatic heterocycles. The maximum atomic E-state index is 13.0. The van der Waals surface area contributed by atoms with Gasteiger partial charge >= 0.3 is 17.9 Å². The first-order valence-electron chi connectivity index (χ1n) is 35.0. The van der Waals surface area contributed by atoms with E-state index in [1.54, 1.807) is 0 Å². The van der Waals surface area contributed by atoms with Crippen LogP contribution in [0.1, 0.15) is 329 Å². The predicted molar refractivity (Wildman–Crippen MR) is 362 cm³/mol. The average Bonchev–Trinajstić information content (AvgIpc) is 3.49. The van der Waals surface area contributed by atoms with Gasteiger partial charge in [0.1, 0.15) is 13.2 Å². The summed E-state index contributed by atoms with van der Waals surface area (Å²) in [5.74, 6) is -0.903. The van der Waals surface area contributed by atoms with Crippen LogP contribution >= 0.6 is 0 Å². The van der Waals surface area contributed by atoms with E-state index >= 15 is 0 Å². The molecular formula is C77H130O6. The Morgan fingerprint density at radius 3 is 0.759 bits per heavy atom. The van der Waals surface area contributed by atoms with Crippen LogP contribution in [0.2, 0.25) is 0 Å². The molecule has 0 rings (SSSR count).